The molecule has 1 aromatic carbocycles. The second kappa shape index (κ2) is 5.40. The third-order valence-corrected chi connectivity index (χ3v) is 4.98. The number of carbonyl (C=O) groups is 1. The van der Waals surface area contributed by atoms with Crippen LogP contribution in [0, 0.1) is 6.92 Å². The molecule has 0 saturated heterocycles. The van der Waals surface area contributed by atoms with E-state index in [1.165, 1.54) is 17.4 Å². The van der Waals surface area contributed by atoms with E-state index in [-0.39, 0.29) is 31.4 Å². The average Bonchev–Trinajstić information content (AvgIpc) is 2.72. The molecule has 1 aromatic heterocycles. The van der Waals surface area contributed by atoms with Gasteiger partial charge < -0.3 is 0 Å². The van der Waals surface area contributed by atoms with Gasteiger partial charge in [-0.1, -0.05) is 46.4 Å². The number of ketones is 1. The second-order valence-electron chi connectivity index (χ2n) is 3.61. The highest BCUT2D eigenvalue weighted by molar-refractivity contribution is 7.12. The zero-order chi connectivity index (χ0) is 13.4. The van der Waals surface area contributed by atoms with Crippen LogP contribution in [0.4, 0.5) is 0 Å². The third kappa shape index (κ3) is 2.40. The summed E-state index contributed by atoms with van der Waals surface area (Å²) < 4.78 is 0. The summed E-state index contributed by atoms with van der Waals surface area (Å²) in [5.74, 6) is -0.240. The highest BCUT2D eigenvalue weighted by Gasteiger charge is 2.22. The first-order valence-electron chi connectivity index (χ1n) is 4.85. The first-order valence-corrected chi connectivity index (χ1v) is 7.24. The van der Waals surface area contributed by atoms with Crippen LogP contribution in [0.2, 0.25) is 20.1 Å². The van der Waals surface area contributed by atoms with Gasteiger partial charge in [-0.15, -0.1) is 11.3 Å². The Morgan fingerprint density at radius 2 is 1.78 bits per heavy atom. The molecule has 0 spiro atoms. The molecule has 18 heavy (non-hydrogen) atoms. The summed E-state index contributed by atoms with van der Waals surface area (Å²) in [6.45, 7) is 1.85. The van der Waals surface area contributed by atoms with Crippen molar-refractivity contribution in [3.05, 3.63) is 53.6 Å². The van der Waals surface area contributed by atoms with E-state index in [2.05, 4.69) is 0 Å². The lowest BCUT2D eigenvalue weighted by atomic mass is 10.1. The predicted molar refractivity (Wildman–Crippen MR) is 79.0 cm³/mol. The molecule has 1 nitrogen and oxygen atoms in total. The van der Waals surface area contributed by atoms with Gasteiger partial charge in [0.1, 0.15) is 0 Å². The molecule has 0 radical (unpaired) electrons. The Morgan fingerprint density at radius 3 is 2.33 bits per heavy atom. The van der Waals surface area contributed by atoms with Crippen LogP contribution in [0.3, 0.4) is 0 Å². The number of halogens is 4. The molecule has 0 aliphatic carbocycles. The molecule has 0 unspecified atom stereocenters. The molecular formula is C12H6Cl4OS. The van der Waals surface area contributed by atoms with Crippen LogP contribution >= 0.6 is 57.7 Å². The van der Waals surface area contributed by atoms with Crippen molar-refractivity contribution in [1.82, 2.24) is 0 Å². The van der Waals surface area contributed by atoms with E-state index < -0.39 is 0 Å². The van der Waals surface area contributed by atoms with Crippen molar-refractivity contribution in [2.75, 3.05) is 0 Å². The number of hydrogen-bond acceptors (Lipinski definition) is 2. The van der Waals surface area contributed by atoms with Gasteiger partial charge in [0, 0.05) is 0 Å². The van der Waals surface area contributed by atoms with Crippen molar-refractivity contribution in [1.29, 1.82) is 0 Å². The summed E-state index contributed by atoms with van der Waals surface area (Å²) in [5, 5.41) is 2.49. The van der Waals surface area contributed by atoms with E-state index in [9.17, 15) is 4.79 Å². The van der Waals surface area contributed by atoms with Crippen molar-refractivity contribution in [2.45, 2.75) is 6.92 Å². The molecule has 6 heteroatoms. The van der Waals surface area contributed by atoms with Gasteiger partial charge in [0.05, 0.1) is 30.5 Å². The van der Waals surface area contributed by atoms with Crippen LogP contribution < -0.4 is 0 Å². The van der Waals surface area contributed by atoms with Gasteiger partial charge in [-0.2, -0.15) is 0 Å². The molecule has 0 N–H and O–H groups in total. The Kier molecular flexibility index (Phi) is 4.25. The zero-order valence-electron chi connectivity index (χ0n) is 9.06. The van der Waals surface area contributed by atoms with Crippen LogP contribution in [-0.4, -0.2) is 5.78 Å². The minimum atomic E-state index is -0.240. The van der Waals surface area contributed by atoms with Gasteiger partial charge >= 0.3 is 0 Å². The van der Waals surface area contributed by atoms with Crippen molar-refractivity contribution in [3.63, 3.8) is 0 Å². The Labute approximate surface area is 128 Å². The average molecular weight is 340 g/mol. The van der Waals surface area contributed by atoms with E-state index >= 15 is 0 Å². The fourth-order valence-electron chi connectivity index (χ4n) is 1.49. The molecule has 1 heterocycles. The van der Waals surface area contributed by atoms with E-state index in [1.54, 1.807) is 0 Å². The molecule has 94 valence electrons. The van der Waals surface area contributed by atoms with Gasteiger partial charge in [-0.05, 0) is 30.0 Å². The quantitative estimate of drug-likeness (QED) is 0.378. The summed E-state index contributed by atoms with van der Waals surface area (Å²) in [7, 11) is 0. The van der Waals surface area contributed by atoms with Crippen molar-refractivity contribution in [2.24, 2.45) is 0 Å². The van der Waals surface area contributed by atoms with E-state index in [0.29, 0.717) is 4.88 Å². The standard InChI is InChI=1S/C12H6Cl4OS/c1-5-2-3-18-12(5)11(17)8-6(13)4-7(14)9(15)10(8)16/h2-4H,1H3. The maximum absolute atomic E-state index is 12.4. The topological polar surface area (TPSA) is 17.1 Å². The van der Waals surface area contributed by atoms with Crippen molar-refractivity contribution >= 4 is 63.5 Å². The van der Waals surface area contributed by atoms with Crippen molar-refractivity contribution in [3.8, 4) is 0 Å². The Hall–Kier alpha value is -0.250. The number of rotatable bonds is 2. The number of benzene rings is 1. The lowest BCUT2D eigenvalue weighted by Crippen LogP contribution is -2.03. The summed E-state index contributed by atoms with van der Waals surface area (Å²) >= 11 is 25.2. The predicted octanol–water partition coefficient (Wildman–Crippen LogP) is 5.90. The van der Waals surface area contributed by atoms with Gasteiger partial charge in [-0.25, -0.2) is 0 Å². The fraction of sp³-hybridized carbons (Fsp3) is 0.0833. The Morgan fingerprint density at radius 1 is 1.11 bits per heavy atom. The molecule has 0 fully saturated rings. The molecule has 0 bridgehead atoms. The Bertz CT molecular complexity index is 633. The van der Waals surface area contributed by atoms with Crippen molar-refractivity contribution < 1.29 is 4.79 Å². The molecule has 2 aromatic rings. The molecule has 0 atom stereocenters. The molecule has 0 aliphatic rings. The highest BCUT2D eigenvalue weighted by atomic mass is 35.5. The van der Waals surface area contributed by atoms with Gasteiger partial charge in [0.25, 0.3) is 0 Å². The number of hydrogen-bond donors (Lipinski definition) is 0. The smallest absolute Gasteiger partial charge is 0.206 e. The van der Waals surface area contributed by atoms with Crippen LogP contribution in [0.5, 0.6) is 0 Å². The van der Waals surface area contributed by atoms with Crippen LogP contribution in [0.1, 0.15) is 20.8 Å². The highest BCUT2D eigenvalue weighted by Crippen LogP contribution is 2.39. The van der Waals surface area contributed by atoms with E-state index in [4.69, 9.17) is 46.4 Å². The first kappa shape index (κ1) is 14.2. The molecular weight excluding hydrogens is 334 g/mol. The summed E-state index contributed by atoms with van der Waals surface area (Å²) in [6, 6.07) is 3.28. The largest absolute Gasteiger partial charge is 0.288 e. The first-order chi connectivity index (χ1) is 8.43. The van der Waals surface area contributed by atoms with Crippen LogP contribution in [0.15, 0.2) is 17.5 Å². The lowest BCUT2D eigenvalue weighted by molar-refractivity contribution is 0.104. The van der Waals surface area contributed by atoms with E-state index in [0.717, 1.165) is 5.56 Å². The number of aryl methyl sites for hydroxylation is 1. The minimum Gasteiger partial charge on any atom is -0.288 e. The summed E-state index contributed by atoms with van der Waals surface area (Å²) in [5.41, 5.74) is 1.07. The maximum Gasteiger partial charge on any atom is 0.206 e. The van der Waals surface area contributed by atoms with E-state index in [1.807, 2.05) is 18.4 Å². The lowest BCUT2D eigenvalue weighted by Gasteiger charge is -2.08. The fourth-order valence-corrected chi connectivity index (χ4v) is 3.45. The van der Waals surface area contributed by atoms with Gasteiger partial charge in [0.2, 0.25) is 5.78 Å². The third-order valence-electron chi connectivity index (χ3n) is 2.41. The summed E-state index contributed by atoms with van der Waals surface area (Å²) in [6.07, 6.45) is 0. The maximum atomic E-state index is 12.4. The Balaban J connectivity index is 2.63. The zero-order valence-corrected chi connectivity index (χ0v) is 12.9. The normalized spacial score (nSPS) is 10.7. The molecule has 2 rings (SSSR count). The number of carbonyl (C=O) groups excluding carboxylic acids is 1. The number of thiophene rings is 1. The van der Waals surface area contributed by atoms with Crippen LogP contribution in [-0.2, 0) is 0 Å². The molecule has 0 saturated carbocycles. The SMILES string of the molecule is Cc1ccsc1C(=O)c1c(Cl)cc(Cl)c(Cl)c1Cl. The molecule has 0 amide bonds. The van der Waals surface area contributed by atoms with Gasteiger partial charge in [0.15, 0.2) is 0 Å². The minimum absolute atomic E-state index is 0.0898. The van der Waals surface area contributed by atoms with Crippen LogP contribution in [0.25, 0.3) is 0 Å². The van der Waals surface area contributed by atoms with Gasteiger partial charge in [-0.3, -0.25) is 4.79 Å². The second-order valence-corrected chi connectivity index (χ2v) is 6.09. The monoisotopic (exact) mass is 338 g/mol. The summed E-state index contributed by atoms with van der Waals surface area (Å²) in [4.78, 5) is 13.0. The molecule has 0 aliphatic heterocycles.